The molecular weight excluding hydrogens is 394 g/mol. The molecule has 12 heteroatoms. The highest BCUT2D eigenvalue weighted by atomic mass is 16.5. The molecule has 0 aliphatic carbocycles. The minimum Gasteiger partial charge on any atom is -0.481 e. The van der Waals surface area contributed by atoms with Gasteiger partial charge < -0.3 is 44.7 Å². The fourth-order valence-corrected chi connectivity index (χ4v) is 2.11. The summed E-state index contributed by atoms with van der Waals surface area (Å²) >= 11 is 0. The molecule has 0 rings (SSSR count). The number of aliphatic hydroxyl groups is 1. The third-order valence-corrected chi connectivity index (χ3v) is 3.76. The van der Waals surface area contributed by atoms with Crippen LogP contribution in [0.25, 0.3) is 0 Å². The molecule has 0 saturated carbocycles. The van der Waals surface area contributed by atoms with E-state index in [1.165, 1.54) is 7.11 Å². The van der Waals surface area contributed by atoms with Crippen LogP contribution >= 0.6 is 0 Å². The minimum absolute atomic E-state index is 0.0533. The van der Waals surface area contributed by atoms with E-state index in [4.69, 9.17) is 34.3 Å². The van der Waals surface area contributed by atoms with Gasteiger partial charge in [0.1, 0.15) is 0 Å². The smallest absolute Gasteiger partial charge is 0.305 e. The summed E-state index contributed by atoms with van der Waals surface area (Å²) in [4.78, 5) is 32.0. The van der Waals surface area contributed by atoms with E-state index in [0.29, 0.717) is 0 Å². The van der Waals surface area contributed by atoms with Crippen LogP contribution in [-0.2, 0) is 33.3 Å². The van der Waals surface area contributed by atoms with E-state index in [2.05, 4.69) is 5.32 Å². The molecule has 0 aliphatic heterocycles. The highest BCUT2D eigenvalue weighted by Crippen LogP contribution is 2.11. The van der Waals surface area contributed by atoms with Gasteiger partial charge in [-0.3, -0.25) is 14.4 Å². The molecule has 1 unspecified atom stereocenters. The Labute approximate surface area is 168 Å². The summed E-state index contributed by atoms with van der Waals surface area (Å²) in [5, 5.41) is 38.6. The Hall–Kier alpha value is -1.83. The van der Waals surface area contributed by atoms with E-state index in [0.717, 1.165) is 0 Å². The quantitative estimate of drug-likeness (QED) is 0.147. The molecule has 0 radical (unpaired) electrons. The van der Waals surface area contributed by atoms with Crippen molar-refractivity contribution in [2.45, 2.75) is 30.9 Å². The summed E-state index contributed by atoms with van der Waals surface area (Å²) in [7, 11) is 1.42. The predicted molar refractivity (Wildman–Crippen MR) is 97.8 cm³/mol. The second-order valence-electron chi connectivity index (χ2n) is 6.29. The largest absolute Gasteiger partial charge is 0.481 e. The number of carboxylic acids is 3. The lowest BCUT2D eigenvalue weighted by molar-refractivity contribution is -0.139. The normalized spacial score (nSPS) is 12.6. The van der Waals surface area contributed by atoms with Gasteiger partial charge in [-0.1, -0.05) is 0 Å². The Kier molecular flexibility index (Phi) is 15.0. The molecule has 0 heterocycles. The predicted octanol–water partition coefficient (Wildman–Crippen LogP) is -1.20. The van der Waals surface area contributed by atoms with Gasteiger partial charge >= 0.3 is 17.9 Å². The maximum absolute atomic E-state index is 10.7. The van der Waals surface area contributed by atoms with Gasteiger partial charge in [0, 0.05) is 13.7 Å². The SMILES string of the molecule is COC(CO)CNC(COCCC(=O)O)(COCCC(=O)O)COCCC(=O)O. The number of carbonyl (C=O) groups is 3. The average Bonchev–Trinajstić information content (AvgIpc) is 2.66. The van der Waals surface area contributed by atoms with Crippen LogP contribution in [0.15, 0.2) is 0 Å². The Balaban J connectivity index is 5.06. The first kappa shape index (κ1) is 27.2. The zero-order chi connectivity index (χ0) is 22.1. The van der Waals surface area contributed by atoms with Crippen LogP contribution in [0.1, 0.15) is 19.3 Å². The first-order valence-electron chi connectivity index (χ1n) is 9.02. The van der Waals surface area contributed by atoms with Gasteiger partial charge in [0.05, 0.1) is 77.2 Å². The summed E-state index contributed by atoms with van der Waals surface area (Å²) in [5.74, 6) is -3.09. The average molecular weight is 425 g/mol. The Morgan fingerprint density at radius 2 is 1.21 bits per heavy atom. The first-order valence-corrected chi connectivity index (χ1v) is 9.02. The van der Waals surface area contributed by atoms with Crippen LogP contribution < -0.4 is 5.32 Å². The Morgan fingerprint density at radius 1 is 0.828 bits per heavy atom. The summed E-state index contributed by atoms with van der Waals surface area (Å²) in [5.41, 5.74) is -1.04. The maximum Gasteiger partial charge on any atom is 0.305 e. The minimum atomic E-state index is -1.04. The summed E-state index contributed by atoms with van der Waals surface area (Å²) < 4.78 is 21.4. The number of rotatable bonds is 20. The van der Waals surface area contributed by atoms with Gasteiger partial charge in [0.2, 0.25) is 0 Å². The van der Waals surface area contributed by atoms with Crippen molar-refractivity contribution in [2.24, 2.45) is 0 Å². The number of methoxy groups -OCH3 is 1. The maximum atomic E-state index is 10.7. The van der Waals surface area contributed by atoms with Crippen LogP contribution in [0.5, 0.6) is 0 Å². The number of nitrogens with one attached hydrogen (secondary N) is 1. The lowest BCUT2D eigenvalue weighted by atomic mass is 10.0. The Bertz CT molecular complexity index is 427. The topological polar surface area (TPSA) is 181 Å². The van der Waals surface area contributed by atoms with Crippen molar-refractivity contribution in [3.63, 3.8) is 0 Å². The van der Waals surface area contributed by atoms with Crippen molar-refractivity contribution in [3.8, 4) is 0 Å². The van der Waals surface area contributed by atoms with E-state index in [1.54, 1.807) is 0 Å². The van der Waals surface area contributed by atoms with Crippen molar-refractivity contribution in [1.29, 1.82) is 0 Å². The van der Waals surface area contributed by atoms with Gasteiger partial charge in [-0.25, -0.2) is 0 Å². The first-order chi connectivity index (χ1) is 13.7. The summed E-state index contributed by atoms with van der Waals surface area (Å²) in [6.07, 6.45) is -1.19. The molecule has 0 aliphatic rings. The van der Waals surface area contributed by atoms with Crippen LogP contribution in [0.4, 0.5) is 0 Å². The van der Waals surface area contributed by atoms with Crippen LogP contribution in [0.3, 0.4) is 0 Å². The van der Waals surface area contributed by atoms with E-state index in [-0.39, 0.29) is 72.1 Å². The number of hydrogen-bond acceptors (Lipinski definition) is 9. The highest BCUT2D eigenvalue weighted by Gasteiger charge is 2.32. The van der Waals surface area contributed by atoms with Gasteiger partial charge in [-0.2, -0.15) is 0 Å². The Morgan fingerprint density at radius 3 is 1.48 bits per heavy atom. The second kappa shape index (κ2) is 16.0. The van der Waals surface area contributed by atoms with Gasteiger partial charge in [0.25, 0.3) is 0 Å². The van der Waals surface area contributed by atoms with E-state index < -0.39 is 29.6 Å². The molecule has 0 aromatic carbocycles. The molecule has 1 atom stereocenters. The number of ether oxygens (including phenoxy) is 4. The highest BCUT2D eigenvalue weighted by molar-refractivity contribution is 5.67. The van der Waals surface area contributed by atoms with E-state index in [9.17, 15) is 19.5 Å². The van der Waals surface area contributed by atoms with Crippen LogP contribution in [-0.4, -0.2) is 110 Å². The van der Waals surface area contributed by atoms with Gasteiger partial charge in [-0.05, 0) is 0 Å². The second-order valence-corrected chi connectivity index (χ2v) is 6.29. The van der Waals surface area contributed by atoms with Crippen molar-refractivity contribution in [3.05, 3.63) is 0 Å². The van der Waals surface area contributed by atoms with E-state index >= 15 is 0 Å². The molecule has 0 aromatic heterocycles. The molecule has 0 spiro atoms. The molecular formula is C17H31NO11. The monoisotopic (exact) mass is 425 g/mol. The molecule has 170 valence electrons. The fraction of sp³-hybridized carbons (Fsp3) is 0.824. The summed E-state index contributed by atoms with van der Waals surface area (Å²) in [6.45, 7) is -0.476. The van der Waals surface area contributed by atoms with Gasteiger partial charge in [-0.15, -0.1) is 0 Å². The van der Waals surface area contributed by atoms with Crippen molar-refractivity contribution < 1.29 is 53.8 Å². The lowest BCUT2D eigenvalue weighted by Crippen LogP contribution is -2.58. The molecule has 0 aromatic rings. The molecule has 0 bridgehead atoms. The summed E-state index contributed by atoms with van der Waals surface area (Å²) in [6, 6.07) is 0. The molecule has 0 saturated heterocycles. The molecule has 0 fully saturated rings. The number of hydrogen-bond donors (Lipinski definition) is 5. The van der Waals surface area contributed by atoms with Gasteiger partial charge in [0.15, 0.2) is 0 Å². The lowest BCUT2D eigenvalue weighted by Gasteiger charge is -2.35. The van der Waals surface area contributed by atoms with Crippen LogP contribution in [0.2, 0.25) is 0 Å². The molecule has 29 heavy (non-hydrogen) atoms. The van der Waals surface area contributed by atoms with E-state index in [1.807, 2.05) is 0 Å². The molecule has 0 amide bonds. The van der Waals surface area contributed by atoms with Crippen molar-refractivity contribution in [1.82, 2.24) is 5.32 Å². The number of carboxylic acid groups (broad SMARTS) is 3. The zero-order valence-corrected chi connectivity index (χ0v) is 16.5. The third kappa shape index (κ3) is 14.8. The zero-order valence-electron chi connectivity index (χ0n) is 16.5. The number of aliphatic hydroxyl groups excluding tert-OH is 1. The van der Waals surface area contributed by atoms with Crippen molar-refractivity contribution in [2.75, 3.05) is 59.9 Å². The van der Waals surface area contributed by atoms with Crippen molar-refractivity contribution >= 4 is 17.9 Å². The number of aliphatic carboxylic acids is 3. The fourth-order valence-electron chi connectivity index (χ4n) is 2.11. The standard InChI is InChI=1S/C17H31NO11/c1-26-13(9-19)8-18-17(10-27-5-2-14(20)21,11-28-6-3-15(22)23)12-29-7-4-16(24)25/h13,18-19H,2-12H2,1H3,(H,20,21)(H,22,23)(H,24,25). The molecule has 12 nitrogen and oxygen atoms in total. The van der Waals surface area contributed by atoms with Crippen LogP contribution in [0, 0.1) is 0 Å². The third-order valence-electron chi connectivity index (χ3n) is 3.76. The molecule has 5 N–H and O–H groups in total.